The topological polar surface area (TPSA) is 121 Å². The van der Waals surface area contributed by atoms with Gasteiger partial charge in [0.25, 0.3) is 0 Å². The third-order valence-electron chi connectivity index (χ3n) is 3.86. The lowest BCUT2D eigenvalue weighted by atomic mass is 10.2. The third-order valence-corrected chi connectivity index (χ3v) is 5.94. The van der Waals surface area contributed by atoms with E-state index in [1.807, 2.05) is 0 Å². The molecule has 0 saturated heterocycles. The molecule has 1 saturated carbocycles. The molecule has 0 N–H and O–H groups in total. The van der Waals surface area contributed by atoms with E-state index in [0.29, 0.717) is 0 Å². The maximum Gasteiger partial charge on any atom is 0.338 e. The van der Waals surface area contributed by atoms with Crippen molar-refractivity contribution in [1.82, 2.24) is 0 Å². The minimum absolute atomic E-state index is 0.0697. The molecule has 1 fully saturated rings. The van der Waals surface area contributed by atoms with Gasteiger partial charge in [0, 0.05) is 18.9 Å². The van der Waals surface area contributed by atoms with E-state index in [9.17, 15) is 27.6 Å². The van der Waals surface area contributed by atoms with Gasteiger partial charge in [-0.15, -0.1) is 0 Å². The van der Waals surface area contributed by atoms with Crippen molar-refractivity contribution in [2.24, 2.45) is 0 Å². The van der Waals surface area contributed by atoms with Crippen LogP contribution in [-0.2, 0) is 33.7 Å². The molecule has 1 aliphatic carbocycles. The van der Waals surface area contributed by atoms with Crippen molar-refractivity contribution >= 4 is 33.3 Å². The second kappa shape index (κ2) is 8.26. The van der Waals surface area contributed by atoms with E-state index >= 15 is 0 Å². The predicted octanol–water partition coefficient (Wildman–Crippen LogP) is 1.04. The predicted molar refractivity (Wildman–Crippen MR) is 92.7 cm³/mol. The molecule has 0 aromatic heterocycles. The quantitative estimate of drug-likeness (QED) is 0.382. The Balaban J connectivity index is 2.05. The van der Waals surface area contributed by atoms with E-state index in [2.05, 4.69) is 6.58 Å². The normalized spacial score (nSPS) is 16.0. The second-order valence-electron chi connectivity index (χ2n) is 5.93. The van der Waals surface area contributed by atoms with Crippen LogP contribution >= 0.6 is 0 Å². The van der Waals surface area contributed by atoms with Crippen molar-refractivity contribution in [1.29, 1.82) is 0 Å². The number of rotatable bonds is 7. The number of hydrogen-bond donors (Lipinski definition) is 0. The summed E-state index contributed by atoms with van der Waals surface area (Å²) in [7, 11) is -4.14. The van der Waals surface area contributed by atoms with Gasteiger partial charge >= 0.3 is 11.9 Å². The molecular weight excluding hydrogens is 376 g/mol. The van der Waals surface area contributed by atoms with Crippen molar-refractivity contribution < 1.29 is 37.1 Å². The van der Waals surface area contributed by atoms with Crippen molar-refractivity contribution in [2.75, 3.05) is 6.61 Å². The second-order valence-corrected chi connectivity index (χ2v) is 7.96. The molecule has 1 unspecified atom stereocenters. The Kier molecular flexibility index (Phi) is 6.27. The van der Waals surface area contributed by atoms with Gasteiger partial charge in [-0.2, -0.15) is 0 Å². The number of esters is 2. The molecule has 8 nitrogen and oxygen atoms in total. The highest BCUT2D eigenvalue weighted by Crippen LogP contribution is 2.25. The first kappa shape index (κ1) is 20.5. The van der Waals surface area contributed by atoms with E-state index in [1.165, 1.54) is 19.1 Å². The zero-order valence-electron chi connectivity index (χ0n) is 14.5. The van der Waals surface area contributed by atoms with Gasteiger partial charge in [0.1, 0.15) is 12.7 Å². The number of ketones is 2. The van der Waals surface area contributed by atoms with E-state index in [0.717, 1.165) is 18.2 Å². The Hall–Kier alpha value is -2.81. The summed E-state index contributed by atoms with van der Waals surface area (Å²) < 4.78 is 34.8. The molecule has 1 atom stereocenters. The third kappa shape index (κ3) is 4.68. The smallest absolute Gasteiger partial charge is 0.338 e. The monoisotopic (exact) mass is 394 g/mol. The van der Waals surface area contributed by atoms with Crippen LogP contribution in [0.25, 0.3) is 0 Å². The van der Waals surface area contributed by atoms with Gasteiger partial charge in [-0.3, -0.25) is 9.59 Å². The van der Waals surface area contributed by atoms with Crippen LogP contribution in [0.4, 0.5) is 0 Å². The first-order chi connectivity index (χ1) is 12.7. The van der Waals surface area contributed by atoms with E-state index in [4.69, 9.17) is 9.47 Å². The number of carbonyl (C=O) groups excluding carboxylic acids is 4. The number of hydrogen-bond acceptors (Lipinski definition) is 8. The average molecular weight is 394 g/mol. The van der Waals surface area contributed by atoms with Gasteiger partial charge in [-0.25, -0.2) is 18.0 Å². The Bertz CT molecular complexity index is 866. The summed E-state index contributed by atoms with van der Waals surface area (Å²) in [6.45, 7) is 4.59. The molecule has 0 radical (unpaired) electrons. The molecule has 1 aliphatic rings. The lowest BCUT2D eigenvalue weighted by Crippen LogP contribution is -2.31. The molecule has 2 rings (SSSR count). The van der Waals surface area contributed by atoms with Crippen molar-refractivity contribution in [3.8, 4) is 0 Å². The van der Waals surface area contributed by atoms with Gasteiger partial charge in [0.15, 0.2) is 26.7 Å². The molecule has 144 valence electrons. The molecular formula is C18H18O8S. The van der Waals surface area contributed by atoms with Gasteiger partial charge in [-0.05, 0) is 31.2 Å². The highest BCUT2D eigenvalue weighted by Gasteiger charge is 2.43. The van der Waals surface area contributed by atoms with Crippen molar-refractivity contribution in [3.63, 3.8) is 0 Å². The van der Waals surface area contributed by atoms with Crippen LogP contribution < -0.4 is 0 Å². The van der Waals surface area contributed by atoms with Gasteiger partial charge in [0.05, 0.1) is 10.5 Å². The maximum absolute atomic E-state index is 12.5. The molecule has 0 bridgehead atoms. The molecule has 0 aliphatic heterocycles. The Morgan fingerprint density at radius 3 is 2.26 bits per heavy atom. The van der Waals surface area contributed by atoms with E-state index < -0.39 is 44.7 Å². The largest absolute Gasteiger partial charge is 0.458 e. The fourth-order valence-corrected chi connectivity index (χ4v) is 4.22. The Morgan fingerprint density at radius 1 is 1.19 bits per heavy atom. The van der Waals surface area contributed by atoms with Crippen molar-refractivity contribution in [3.05, 3.63) is 42.5 Å². The molecule has 1 aromatic carbocycles. The number of carbonyl (C=O) groups is 4. The molecule has 0 amide bonds. The van der Waals surface area contributed by atoms with E-state index in [1.54, 1.807) is 0 Å². The molecule has 27 heavy (non-hydrogen) atoms. The highest BCUT2D eigenvalue weighted by atomic mass is 32.2. The SMILES string of the molecule is C=CC(=O)OC(C)COC(=O)c1ccc(S(=O)(=O)C2C(=O)CCC2=O)cc1. The van der Waals surface area contributed by atoms with Crippen LogP contribution in [0.3, 0.4) is 0 Å². The number of benzene rings is 1. The van der Waals surface area contributed by atoms with Gasteiger partial charge in [0.2, 0.25) is 0 Å². The average Bonchev–Trinajstić information content (AvgIpc) is 2.98. The number of sulfone groups is 1. The molecule has 0 heterocycles. The van der Waals surface area contributed by atoms with E-state index in [-0.39, 0.29) is 29.9 Å². The zero-order chi connectivity index (χ0) is 20.2. The fraction of sp³-hybridized carbons (Fsp3) is 0.333. The number of ether oxygens (including phenoxy) is 2. The van der Waals surface area contributed by atoms with Crippen molar-refractivity contribution in [2.45, 2.75) is 36.0 Å². The minimum Gasteiger partial charge on any atom is -0.458 e. The lowest BCUT2D eigenvalue weighted by Gasteiger charge is -2.13. The highest BCUT2D eigenvalue weighted by molar-refractivity contribution is 7.93. The molecule has 9 heteroatoms. The van der Waals surface area contributed by atoms with Crippen LogP contribution in [0.1, 0.15) is 30.1 Å². The lowest BCUT2D eigenvalue weighted by molar-refractivity contribution is -0.144. The van der Waals surface area contributed by atoms with Crippen LogP contribution in [0.5, 0.6) is 0 Å². The van der Waals surface area contributed by atoms with Crippen LogP contribution in [0.15, 0.2) is 41.8 Å². The van der Waals surface area contributed by atoms with Gasteiger partial charge in [-0.1, -0.05) is 6.58 Å². The summed E-state index contributed by atoms with van der Waals surface area (Å²) in [6, 6.07) is 4.73. The van der Waals surface area contributed by atoms with Gasteiger partial charge < -0.3 is 9.47 Å². The summed E-state index contributed by atoms with van der Waals surface area (Å²) in [6.07, 6.45) is 0.138. The summed E-state index contributed by atoms with van der Waals surface area (Å²) >= 11 is 0. The summed E-state index contributed by atoms with van der Waals surface area (Å²) in [5.41, 5.74) is 0.0697. The summed E-state index contributed by atoms with van der Waals surface area (Å²) in [5.74, 6) is -2.63. The Labute approximate surface area is 156 Å². The molecule has 0 spiro atoms. The zero-order valence-corrected chi connectivity index (χ0v) is 15.4. The van der Waals surface area contributed by atoms with Crippen LogP contribution in [0, 0.1) is 0 Å². The van der Waals surface area contributed by atoms with Crippen LogP contribution in [0.2, 0.25) is 0 Å². The molecule has 1 aromatic rings. The minimum atomic E-state index is -4.14. The fourth-order valence-electron chi connectivity index (χ4n) is 2.51. The summed E-state index contributed by atoms with van der Waals surface area (Å²) in [4.78, 5) is 46.2. The standard InChI is InChI=1S/C18H18O8S/c1-3-16(21)26-11(2)10-25-18(22)12-4-6-13(7-5-12)27(23,24)17-14(19)8-9-15(17)20/h3-7,11,17H,1,8-10H2,2H3. The summed E-state index contributed by atoms with van der Waals surface area (Å²) in [5, 5.41) is -1.67. The first-order valence-electron chi connectivity index (χ1n) is 8.06. The Morgan fingerprint density at radius 2 is 1.74 bits per heavy atom. The number of Topliss-reactive ketones (excluding diaryl/α,β-unsaturated/α-hetero) is 2. The first-order valence-corrected chi connectivity index (χ1v) is 9.61. The maximum atomic E-state index is 12.5. The van der Waals surface area contributed by atoms with Crippen LogP contribution in [-0.4, -0.2) is 49.9 Å².